The van der Waals surface area contributed by atoms with E-state index in [1.54, 1.807) is 12.1 Å². The van der Waals surface area contributed by atoms with Crippen molar-refractivity contribution < 1.29 is 9.18 Å². The third kappa shape index (κ3) is 3.01. The Bertz CT molecular complexity index is 845. The Morgan fingerprint density at radius 2 is 1.76 bits per heavy atom. The molecule has 3 aromatic rings. The minimum atomic E-state index is -0.489. The molecule has 0 saturated carbocycles. The molecule has 1 heterocycles. The van der Waals surface area contributed by atoms with E-state index >= 15 is 0 Å². The molecular weight excluding hydrogens is 403 g/mol. The molecule has 0 unspecified atom stereocenters. The number of carbonyl (C=O) groups excluding carboxylic acids is 1. The lowest BCUT2D eigenvalue weighted by atomic mass is 10.2. The molecule has 0 atom stereocenters. The lowest BCUT2D eigenvalue weighted by Crippen LogP contribution is -2.13. The van der Waals surface area contributed by atoms with Crippen LogP contribution in [0.1, 0.15) is 10.5 Å². The largest absolute Gasteiger partial charge is 0.350 e. The summed E-state index contributed by atoms with van der Waals surface area (Å²) in [5.41, 5.74) is 1.36. The maximum absolute atomic E-state index is 13.7. The number of amides is 1. The monoisotopic (exact) mass is 410 g/mol. The molecule has 1 aromatic heterocycles. The topological polar surface area (TPSA) is 44.9 Å². The number of carbonyl (C=O) groups is 1. The number of aromatic nitrogens is 1. The highest BCUT2D eigenvalue weighted by Crippen LogP contribution is 2.22. The zero-order valence-electron chi connectivity index (χ0n) is 10.6. The first kappa shape index (κ1) is 14.3. The Hall–Kier alpha value is -1.66. The van der Waals surface area contributed by atoms with Gasteiger partial charge in [0.15, 0.2) is 0 Å². The van der Waals surface area contributed by atoms with Gasteiger partial charge in [0.05, 0.1) is 5.69 Å². The maximum atomic E-state index is 13.7. The molecule has 6 heteroatoms. The third-order valence-electron chi connectivity index (χ3n) is 3.01. The number of aromatic amines is 1. The second kappa shape index (κ2) is 5.61. The number of benzene rings is 2. The summed E-state index contributed by atoms with van der Waals surface area (Å²) < 4.78 is 15.3. The van der Waals surface area contributed by atoms with Gasteiger partial charge in [-0.2, -0.15) is 0 Å². The summed E-state index contributed by atoms with van der Waals surface area (Å²) in [6.07, 6.45) is 0. The Morgan fingerprint density at radius 1 is 1.05 bits per heavy atom. The van der Waals surface area contributed by atoms with Crippen LogP contribution in [0.25, 0.3) is 10.9 Å². The molecule has 0 fully saturated rings. The lowest BCUT2D eigenvalue weighted by Gasteiger charge is -2.05. The molecule has 21 heavy (non-hydrogen) atoms. The maximum Gasteiger partial charge on any atom is 0.272 e. The average molecular weight is 412 g/mol. The summed E-state index contributed by atoms with van der Waals surface area (Å²) in [7, 11) is 0. The van der Waals surface area contributed by atoms with E-state index < -0.39 is 5.82 Å². The molecular formula is C15H9Br2FN2O. The van der Waals surface area contributed by atoms with Crippen LogP contribution in [0.15, 0.2) is 51.4 Å². The van der Waals surface area contributed by atoms with Crippen LogP contribution in [0, 0.1) is 5.82 Å². The second-order valence-electron chi connectivity index (χ2n) is 4.49. The first-order chi connectivity index (χ1) is 10.0. The van der Waals surface area contributed by atoms with Gasteiger partial charge >= 0.3 is 0 Å². The van der Waals surface area contributed by atoms with Crippen molar-refractivity contribution >= 4 is 54.4 Å². The van der Waals surface area contributed by atoms with Crippen molar-refractivity contribution in [3.05, 3.63) is 62.9 Å². The van der Waals surface area contributed by atoms with Crippen molar-refractivity contribution in [3.8, 4) is 0 Å². The van der Waals surface area contributed by atoms with Crippen LogP contribution >= 0.6 is 31.9 Å². The van der Waals surface area contributed by atoms with Gasteiger partial charge in [0.2, 0.25) is 0 Å². The van der Waals surface area contributed by atoms with E-state index in [9.17, 15) is 9.18 Å². The molecule has 0 aliphatic rings. The minimum Gasteiger partial charge on any atom is -0.350 e. The first-order valence-corrected chi connectivity index (χ1v) is 7.66. The van der Waals surface area contributed by atoms with Gasteiger partial charge < -0.3 is 10.3 Å². The van der Waals surface area contributed by atoms with Crippen molar-refractivity contribution in [2.75, 3.05) is 5.32 Å². The predicted octanol–water partition coefficient (Wildman–Crippen LogP) is 5.08. The molecule has 106 valence electrons. The molecule has 2 N–H and O–H groups in total. The lowest BCUT2D eigenvalue weighted by molar-refractivity contribution is 0.102. The SMILES string of the molecule is O=C(Nc1ccc(Br)cc1F)c1cc2ccc(Br)cc2[nH]1. The number of anilines is 1. The van der Waals surface area contributed by atoms with Gasteiger partial charge in [-0.25, -0.2) is 4.39 Å². The first-order valence-electron chi connectivity index (χ1n) is 6.07. The molecule has 1 amide bonds. The summed E-state index contributed by atoms with van der Waals surface area (Å²) in [4.78, 5) is 15.2. The predicted molar refractivity (Wildman–Crippen MR) is 88.1 cm³/mol. The van der Waals surface area contributed by atoms with Crippen molar-refractivity contribution in [1.29, 1.82) is 0 Å². The highest BCUT2D eigenvalue weighted by atomic mass is 79.9. The van der Waals surface area contributed by atoms with Gasteiger partial charge in [-0.1, -0.05) is 37.9 Å². The molecule has 3 rings (SSSR count). The summed E-state index contributed by atoms with van der Waals surface area (Å²) in [5.74, 6) is -0.875. The van der Waals surface area contributed by atoms with Crippen LogP contribution in [0.4, 0.5) is 10.1 Å². The van der Waals surface area contributed by atoms with Crippen molar-refractivity contribution in [3.63, 3.8) is 0 Å². The molecule has 0 saturated heterocycles. The fourth-order valence-electron chi connectivity index (χ4n) is 2.00. The van der Waals surface area contributed by atoms with Crippen LogP contribution in [-0.4, -0.2) is 10.9 Å². The molecule has 0 radical (unpaired) electrons. The van der Waals surface area contributed by atoms with Crippen molar-refractivity contribution in [2.45, 2.75) is 0 Å². The van der Waals surface area contributed by atoms with E-state index in [0.29, 0.717) is 10.2 Å². The quantitative estimate of drug-likeness (QED) is 0.606. The van der Waals surface area contributed by atoms with Crippen molar-refractivity contribution in [1.82, 2.24) is 4.98 Å². The van der Waals surface area contributed by atoms with Gasteiger partial charge in [-0.05, 0) is 36.4 Å². The summed E-state index contributed by atoms with van der Waals surface area (Å²) in [5, 5.41) is 3.47. The van der Waals surface area contributed by atoms with Crippen LogP contribution in [0.5, 0.6) is 0 Å². The fourth-order valence-corrected chi connectivity index (χ4v) is 2.70. The van der Waals surface area contributed by atoms with E-state index in [2.05, 4.69) is 42.2 Å². The standard InChI is InChI=1S/C15H9Br2FN2O/c16-9-3-4-12(11(18)6-9)20-15(21)14-5-8-1-2-10(17)7-13(8)19-14/h1-7,19H,(H,20,21). The van der Waals surface area contributed by atoms with Gasteiger partial charge in [-0.3, -0.25) is 4.79 Å². The second-order valence-corrected chi connectivity index (χ2v) is 6.32. The van der Waals surface area contributed by atoms with E-state index in [1.807, 2.05) is 18.2 Å². The van der Waals surface area contributed by atoms with Crippen molar-refractivity contribution in [2.24, 2.45) is 0 Å². The van der Waals surface area contributed by atoms with Gasteiger partial charge in [0, 0.05) is 19.8 Å². The molecule has 0 aliphatic carbocycles. The molecule has 0 spiro atoms. The smallest absolute Gasteiger partial charge is 0.272 e. The number of fused-ring (bicyclic) bond motifs is 1. The van der Waals surface area contributed by atoms with Crippen LogP contribution in [0.3, 0.4) is 0 Å². The number of hydrogen-bond donors (Lipinski definition) is 2. The zero-order chi connectivity index (χ0) is 15.0. The molecule has 2 aromatic carbocycles. The molecule has 0 aliphatic heterocycles. The number of halogens is 3. The number of rotatable bonds is 2. The Balaban J connectivity index is 1.89. The summed E-state index contributed by atoms with van der Waals surface area (Å²) >= 11 is 6.55. The van der Waals surface area contributed by atoms with Crippen LogP contribution in [-0.2, 0) is 0 Å². The highest BCUT2D eigenvalue weighted by molar-refractivity contribution is 9.10. The summed E-state index contributed by atoms with van der Waals surface area (Å²) in [6, 6.07) is 11.9. The van der Waals surface area contributed by atoms with Gasteiger partial charge in [0.25, 0.3) is 5.91 Å². The third-order valence-corrected chi connectivity index (χ3v) is 3.99. The van der Waals surface area contributed by atoms with E-state index in [4.69, 9.17) is 0 Å². The van der Waals surface area contributed by atoms with Gasteiger partial charge in [0.1, 0.15) is 11.5 Å². The minimum absolute atomic E-state index is 0.142. The number of nitrogens with one attached hydrogen (secondary N) is 2. The molecule has 3 nitrogen and oxygen atoms in total. The Labute approximate surface area is 136 Å². The highest BCUT2D eigenvalue weighted by Gasteiger charge is 2.12. The fraction of sp³-hybridized carbons (Fsp3) is 0. The van der Waals surface area contributed by atoms with Gasteiger partial charge in [-0.15, -0.1) is 0 Å². The van der Waals surface area contributed by atoms with E-state index in [0.717, 1.165) is 15.4 Å². The normalized spacial score (nSPS) is 10.8. The number of hydrogen-bond acceptors (Lipinski definition) is 1. The Morgan fingerprint density at radius 3 is 2.52 bits per heavy atom. The summed E-state index contributed by atoms with van der Waals surface area (Å²) in [6.45, 7) is 0. The van der Waals surface area contributed by atoms with Crippen LogP contribution in [0.2, 0.25) is 0 Å². The Kier molecular flexibility index (Phi) is 3.82. The van der Waals surface area contributed by atoms with Crippen LogP contribution < -0.4 is 5.32 Å². The molecule has 0 bridgehead atoms. The van der Waals surface area contributed by atoms with E-state index in [-0.39, 0.29) is 11.6 Å². The number of H-pyrrole nitrogens is 1. The zero-order valence-corrected chi connectivity index (χ0v) is 13.8. The average Bonchev–Trinajstić information content (AvgIpc) is 2.85. The van der Waals surface area contributed by atoms with E-state index in [1.165, 1.54) is 12.1 Å².